The second-order valence-corrected chi connectivity index (χ2v) is 6.92. The van der Waals surface area contributed by atoms with Crippen LogP contribution in [0.3, 0.4) is 0 Å². The molecular formula is C24H21N5O3. The molecule has 0 bridgehead atoms. The molecule has 0 radical (unpaired) electrons. The molecule has 0 aliphatic carbocycles. The highest BCUT2D eigenvalue weighted by Gasteiger charge is 2.17. The second-order valence-electron chi connectivity index (χ2n) is 6.92. The van der Waals surface area contributed by atoms with Crippen molar-refractivity contribution in [2.75, 3.05) is 11.9 Å². The molecule has 0 aliphatic rings. The molecule has 2 aromatic heterocycles. The Morgan fingerprint density at radius 2 is 1.72 bits per heavy atom. The predicted octanol–water partition coefficient (Wildman–Crippen LogP) is 4.27. The van der Waals surface area contributed by atoms with Crippen molar-refractivity contribution in [2.24, 2.45) is 0 Å². The molecule has 32 heavy (non-hydrogen) atoms. The van der Waals surface area contributed by atoms with Crippen LogP contribution in [-0.2, 0) is 4.74 Å². The summed E-state index contributed by atoms with van der Waals surface area (Å²) in [6.45, 7) is 3.67. The standard InChI is InChI=1S/C24H21N5O3/c1-3-32-24(31)17-13-14-20(25-15(17)2)23(30)26-19-12-8-7-11-18(19)22-27-21(28-29-22)16-9-5-4-6-10-16/h4-14H,3H2,1-2H3,(H,26,30)(H,27,28,29). The van der Waals surface area contributed by atoms with Gasteiger partial charge in [-0.05, 0) is 38.1 Å². The lowest BCUT2D eigenvalue weighted by Crippen LogP contribution is -2.16. The van der Waals surface area contributed by atoms with Crippen LogP contribution >= 0.6 is 0 Å². The first-order chi connectivity index (χ1) is 15.6. The molecule has 8 heteroatoms. The first kappa shape index (κ1) is 20.9. The SMILES string of the molecule is CCOC(=O)c1ccc(C(=O)Nc2ccccc2-c2nc(-c3ccccc3)n[nH]2)nc1C. The van der Waals surface area contributed by atoms with Crippen LogP contribution in [0.1, 0.15) is 33.5 Å². The average molecular weight is 427 g/mol. The number of hydrogen-bond acceptors (Lipinski definition) is 6. The van der Waals surface area contributed by atoms with E-state index in [9.17, 15) is 9.59 Å². The molecule has 0 atom stereocenters. The molecule has 160 valence electrons. The number of esters is 1. The number of benzene rings is 2. The van der Waals surface area contributed by atoms with Crippen LogP contribution in [0.25, 0.3) is 22.8 Å². The van der Waals surface area contributed by atoms with Crippen LogP contribution in [0.15, 0.2) is 66.7 Å². The molecule has 4 rings (SSSR count). The molecule has 0 spiro atoms. The van der Waals surface area contributed by atoms with Gasteiger partial charge in [-0.1, -0.05) is 42.5 Å². The molecular weight excluding hydrogens is 406 g/mol. The molecule has 0 saturated heterocycles. The number of carbonyl (C=O) groups is 2. The maximum absolute atomic E-state index is 12.8. The first-order valence-electron chi connectivity index (χ1n) is 10.1. The number of hydrogen-bond donors (Lipinski definition) is 2. The number of amides is 1. The van der Waals surface area contributed by atoms with E-state index in [1.54, 1.807) is 26.0 Å². The number of nitrogens with one attached hydrogen (secondary N) is 2. The number of nitrogens with zero attached hydrogens (tertiary/aromatic N) is 3. The minimum absolute atomic E-state index is 0.188. The summed E-state index contributed by atoms with van der Waals surface area (Å²) in [7, 11) is 0. The van der Waals surface area contributed by atoms with Gasteiger partial charge in [-0.3, -0.25) is 9.89 Å². The van der Waals surface area contributed by atoms with Crippen LogP contribution in [0.5, 0.6) is 0 Å². The van der Waals surface area contributed by atoms with Crippen LogP contribution < -0.4 is 5.32 Å². The van der Waals surface area contributed by atoms with Crippen molar-refractivity contribution >= 4 is 17.6 Å². The molecule has 4 aromatic rings. The van der Waals surface area contributed by atoms with Gasteiger partial charge in [-0.15, -0.1) is 0 Å². The Balaban J connectivity index is 1.58. The number of ether oxygens (including phenoxy) is 1. The highest BCUT2D eigenvalue weighted by molar-refractivity contribution is 6.05. The lowest BCUT2D eigenvalue weighted by atomic mass is 10.1. The van der Waals surface area contributed by atoms with Gasteiger partial charge in [0, 0.05) is 11.1 Å². The number of aromatic amines is 1. The minimum atomic E-state index is -0.464. The van der Waals surface area contributed by atoms with Gasteiger partial charge in [0.25, 0.3) is 5.91 Å². The Kier molecular flexibility index (Phi) is 6.03. The van der Waals surface area contributed by atoms with Crippen molar-refractivity contribution < 1.29 is 14.3 Å². The van der Waals surface area contributed by atoms with E-state index in [-0.39, 0.29) is 12.3 Å². The van der Waals surface area contributed by atoms with Gasteiger partial charge < -0.3 is 10.1 Å². The number of rotatable bonds is 6. The number of carbonyl (C=O) groups excluding carboxylic acids is 2. The number of H-pyrrole nitrogens is 1. The predicted molar refractivity (Wildman–Crippen MR) is 120 cm³/mol. The molecule has 0 saturated carbocycles. The van der Waals surface area contributed by atoms with E-state index in [4.69, 9.17) is 4.74 Å². The Bertz CT molecular complexity index is 1270. The molecule has 2 heterocycles. The summed E-state index contributed by atoms with van der Waals surface area (Å²) >= 11 is 0. The zero-order valence-electron chi connectivity index (χ0n) is 17.6. The summed E-state index contributed by atoms with van der Waals surface area (Å²) in [4.78, 5) is 33.7. The summed E-state index contributed by atoms with van der Waals surface area (Å²) in [6, 6.07) is 19.9. The van der Waals surface area contributed by atoms with Crippen molar-refractivity contribution in [3.8, 4) is 22.8 Å². The minimum Gasteiger partial charge on any atom is -0.462 e. The maximum atomic E-state index is 12.8. The van der Waals surface area contributed by atoms with Crippen LogP contribution in [0.2, 0.25) is 0 Å². The maximum Gasteiger partial charge on any atom is 0.339 e. The number of para-hydroxylation sites is 1. The van der Waals surface area contributed by atoms with E-state index in [0.29, 0.717) is 34.2 Å². The third-order valence-electron chi connectivity index (χ3n) is 4.76. The zero-order valence-corrected chi connectivity index (χ0v) is 17.6. The van der Waals surface area contributed by atoms with Gasteiger partial charge in [0.15, 0.2) is 11.6 Å². The van der Waals surface area contributed by atoms with E-state index in [0.717, 1.165) is 5.56 Å². The van der Waals surface area contributed by atoms with Gasteiger partial charge in [-0.2, -0.15) is 5.10 Å². The lowest BCUT2D eigenvalue weighted by molar-refractivity contribution is 0.0524. The zero-order chi connectivity index (χ0) is 22.5. The largest absolute Gasteiger partial charge is 0.462 e. The second kappa shape index (κ2) is 9.22. The first-order valence-corrected chi connectivity index (χ1v) is 10.1. The molecule has 0 unspecified atom stereocenters. The van der Waals surface area contributed by atoms with Crippen molar-refractivity contribution in [3.63, 3.8) is 0 Å². The van der Waals surface area contributed by atoms with Crippen LogP contribution in [0.4, 0.5) is 5.69 Å². The van der Waals surface area contributed by atoms with E-state index < -0.39 is 11.9 Å². The normalized spacial score (nSPS) is 10.6. The van der Waals surface area contributed by atoms with E-state index >= 15 is 0 Å². The van der Waals surface area contributed by atoms with Crippen molar-refractivity contribution in [1.29, 1.82) is 0 Å². The van der Waals surface area contributed by atoms with Gasteiger partial charge in [0.2, 0.25) is 0 Å². The molecule has 2 aromatic carbocycles. The number of aryl methyl sites for hydroxylation is 1. The summed E-state index contributed by atoms with van der Waals surface area (Å²) in [6.07, 6.45) is 0. The van der Waals surface area contributed by atoms with Gasteiger partial charge in [0.1, 0.15) is 5.69 Å². The highest BCUT2D eigenvalue weighted by atomic mass is 16.5. The fourth-order valence-corrected chi connectivity index (χ4v) is 3.20. The van der Waals surface area contributed by atoms with Crippen molar-refractivity contribution in [2.45, 2.75) is 13.8 Å². The Morgan fingerprint density at radius 1 is 0.969 bits per heavy atom. The fourth-order valence-electron chi connectivity index (χ4n) is 3.20. The Hall–Kier alpha value is -4.33. The quantitative estimate of drug-likeness (QED) is 0.445. The van der Waals surface area contributed by atoms with Gasteiger partial charge in [-0.25, -0.2) is 14.8 Å². The number of pyridine rings is 1. The van der Waals surface area contributed by atoms with E-state index in [1.165, 1.54) is 6.07 Å². The van der Waals surface area contributed by atoms with Gasteiger partial charge in [0.05, 0.1) is 23.6 Å². The highest BCUT2D eigenvalue weighted by Crippen LogP contribution is 2.27. The van der Waals surface area contributed by atoms with E-state index in [1.807, 2.05) is 48.5 Å². The van der Waals surface area contributed by atoms with Crippen molar-refractivity contribution in [3.05, 3.63) is 83.7 Å². The van der Waals surface area contributed by atoms with Crippen LogP contribution in [-0.4, -0.2) is 38.6 Å². The summed E-state index contributed by atoms with van der Waals surface area (Å²) in [5.41, 5.74) is 3.08. The molecule has 0 aliphatic heterocycles. The summed E-state index contributed by atoms with van der Waals surface area (Å²) < 4.78 is 5.01. The Labute approximate surface area is 184 Å². The van der Waals surface area contributed by atoms with Crippen molar-refractivity contribution in [1.82, 2.24) is 20.2 Å². The van der Waals surface area contributed by atoms with Gasteiger partial charge >= 0.3 is 5.97 Å². The van der Waals surface area contributed by atoms with Crippen LogP contribution in [0, 0.1) is 6.92 Å². The Morgan fingerprint density at radius 3 is 2.47 bits per heavy atom. The number of anilines is 1. The fraction of sp³-hybridized carbons (Fsp3) is 0.125. The lowest BCUT2D eigenvalue weighted by Gasteiger charge is -2.10. The molecule has 0 fully saturated rings. The third kappa shape index (κ3) is 4.39. The monoisotopic (exact) mass is 427 g/mol. The molecule has 1 amide bonds. The topological polar surface area (TPSA) is 110 Å². The summed E-state index contributed by atoms with van der Waals surface area (Å²) in [5, 5.41) is 10.1. The summed E-state index contributed by atoms with van der Waals surface area (Å²) in [5.74, 6) is 0.225. The molecule has 2 N–H and O–H groups in total. The number of aromatic nitrogens is 4. The third-order valence-corrected chi connectivity index (χ3v) is 4.76. The average Bonchev–Trinajstić information content (AvgIpc) is 3.30. The van der Waals surface area contributed by atoms with E-state index in [2.05, 4.69) is 25.5 Å². The smallest absolute Gasteiger partial charge is 0.339 e. The molecule has 8 nitrogen and oxygen atoms in total.